The van der Waals surface area contributed by atoms with Gasteiger partial charge in [0.1, 0.15) is 5.82 Å². The molecule has 0 N–H and O–H groups in total. The molecule has 5 nitrogen and oxygen atoms in total. The zero-order valence-corrected chi connectivity index (χ0v) is 16.8. The summed E-state index contributed by atoms with van der Waals surface area (Å²) in [6.07, 6.45) is 0. The summed E-state index contributed by atoms with van der Waals surface area (Å²) in [5, 5.41) is 0.928. The molecule has 0 bridgehead atoms. The van der Waals surface area contributed by atoms with Crippen LogP contribution in [-0.4, -0.2) is 43.9 Å². The first kappa shape index (κ1) is 18.3. The van der Waals surface area contributed by atoms with E-state index < -0.39 is 15.8 Å². The third kappa shape index (κ3) is 3.44. The number of hydrogen-bond acceptors (Lipinski definition) is 5. The highest BCUT2D eigenvalue weighted by Crippen LogP contribution is 2.32. The second kappa shape index (κ2) is 6.85. The molecule has 0 saturated carbocycles. The number of thiazole rings is 1. The van der Waals surface area contributed by atoms with Crippen LogP contribution in [0.5, 0.6) is 0 Å². The van der Waals surface area contributed by atoms with Crippen LogP contribution in [0.15, 0.2) is 41.3 Å². The van der Waals surface area contributed by atoms with Crippen molar-refractivity contribution >= 4 is 36.7 Å². The van der Waals surface area contributed by atoms with E-state index in [1.165, 1.54) is 44.4 Å². The predicted molar refractivity (Wildman–Crippen MR) is 106 cm³/mol. The predicted octanol–water partition coefficient (Wildman–Crippen LogP) is 3.56. The van der Waals surface area contributed by atoms with Gasteiger partial charge in [-0.15, -0.1) is 0 Å². The van der Waals surface area contributed by atoms with E-state index in [1.54, 1.807) is 11.3 Å². The van der Waals surface area contributed by atoms with E-state index in [4.69, 9.17) is 4.98 Å². The Morgan fingerprint density at radius 3 is 2.37 bits per heavy atom. The molecule has 0 aliphatic carbocycles. The first-order valence-electron chi connectivity index (χ1n) is 8.73. The van der Waals surface area contributed by atoms with E-state index >= 15 is 0 Å². The molecule has 1 aliphatic heterocycles. The Bertz CT molecular complexity index is 1090. The fourth-order valence-electron chi connectivity index (χ4n) is 3.38. The number of halogens is 1. The van der Waals surface area contributed by atoms with E-state index in [2.05, 4.69) is 30.9 Å². The summed E-state index contributed by atoms with van der Waals surface area (Å²) in [5.41, 5.74) is 3.40. The van der Waals surface area contributed by atoms with E-state index in [0.717, 1.165) is 10.6 Å². The average Bonchev–Trinajstić information content (AvgIpc) is 3.06. The van der Waals surface area contributed by atoms with Crippen LogP contribution in [0.4, 0.5) is 9.52 Å². The van der Waals surface area contributed by atoms with Crippen molar-refractivity contribution in [1.82, 2.24) is 9.29 Å². The van der Waals surface area contributed by atoms with Gasteiger partial charge in [-0.3, -0.25) is 0 Å². The highest BCUT2D eigenvalue weighted by atomic mass is 32.2. The van der Waals surface area contributed by atoms with Crippen LogP contribution in [0.2, 0.25) is 0 Å². The van der Waals surface area contributed by atoms with Crippen LogP contribution in [0.25, 0.3) is 10.2 Å². The van der Waals surface area contributed by atoms with Crippen LogP contribution in [0.1, 0.15) is 11.1 Å². The Morgan fingerprint density at radius 2 is 1.70 bits per heavy atom. The largest absolute Gasteiger partial charge is 0.345 e. The monoisotopic (exact) mass is 405 g/mol. The van der Waals surface area contributed by atoms with Crippen molar-refractivity contribution in [2.75, 3.05) is 31.1 Å². The number of nitrogens with zero attached hydrogens (tertiary/aromatic N) is 3. The summed E-state index contributed by atoms with van der Waals surface area (Å²) in [6.45, 7) is 6.08. The number of fused-ring (bicyclic) bond motifs is 1. The van der Waals surface area contributed by atoms with Gasteiger partial charge in [0.25, 0.3) is 0 Å². The zero-order chi connectivity index (χ0) is 19.2. The Balaban J connectivity index is 1.52. The second-order valence-corrected chi connectivity index (χ2v) is 9.69. The summed E-state index contributed by atoms with van der Waals surface area (Å²) in [7, 11) is -3.60. The van der Waals surface area contributed by atoms with Crippen molar-refractivity contribution in [3.63, 3.8) is 0 Å². The Morgan fingerprint density at radius 1 is 1.04 bits per heavy atom. The third-order valence-electron chi connectivity index (χ3n) is 4.77. The molecule has 1 saturated heterocycles. The summed E-state index contributed by atoms with van der Waals surface area (Å²) in [6, 6.07) is 9.21. The molecule has 1 aromatic heterocycles. The molecule has 3 aromatic rings. The normalized spacial score (nSPS) is 16.2. The molecule has 2 heterocycles. The maximum absolute atomic E-state index is 13.1. The fraction of sp³-hybridized carbons (Fsp3) is 0.316. The van der Waals surface area contributed by atoms with Crippen LogP contribution in [-0.2, 0) is 10.0 Å². The van der Waals surface area contributed by atoms with Crippen molar-refractivity contribution in [3.05, 3.63) is 53.3 Å². The van der Waals surface area contributed by atoms with Crippen LogP contribution in [0, 0.1) is 19.7 Å². The van der Waals surface area contributed by atoms with Crippen molar-refractivity contribution in [2.45, 2.75) is 18.7 Å². The molecule has 4 rings (SSSR count). The van der Waals surface area contributed by atoms with Gasteiger partial charge in [0.05, 0.1) is 15.1 Å². The van der Waals surface area contributed by atoms with E-state index in [-0.39, 0.29) is 4.90 Å². The smallest absolute Gasteiger partial charge is 0.243 e. The summed E-state index contributed by atoms with van der Waals surface area (Å²) in [5.74, 6) is -0.444. The minimum Gasteiger partial charge on any atom is -0.345 e. The molecule has 2 aromatic carbocycles. The number of rotatable bonds is 3. The molecule has 1 aliphatic rings. The van der Waals surface area contributed by atoms with Crippen molar-refractivity contribution in [2.24, 2.45) is 0 Å². The lowest BCUT2D eigenvalue weighted by molar-refractivity contribution is 0.385. The SMILES string of the molecule is Cc1cc(C)c2sc(N3CCN(S(=O)(=O)c4ccc(F)cc4)CC3)nc2c1. The van der Waals surface area contributed by atoms with E-state index in [9.17, 15) is 12.8 Å². The number of aryl methyl sites for hydroxylation is 2. The van der Waals surface area contributed by atoms with Crippen molar-refractivity contribution in [3.8, 4) is 0 Å². The molecule has 0 spiro atoms. The lowest BCUT2D eigenvalue weighted by Gasteiger charge is -2.33. The molecular weight excluding hydrogens is 385 g/mol. The lowest BCUT2D eigenvalue weighted by atomic mass is 10.1. The molecule has 1 fully saturated rings. The standard InChI is InChI=1S/C19H20FN3O2S2/c1-13-11-14(2)18-17(12-13)21-19(26-18)22-7-9-23(10-8-22)27(24,25)16-5-3-15(20)4-6-16/h3-6,11-12H,7-10H2,1-2H3. The quantitative estimate of drug-likeness (QED) is 0.669. The molecule has 8 heteroatoms. The topological polar surface area (TPSA) is 53.5 Å². The Hall–Kier alpha value is -2.03. The molecule has 0 unspecified atom stereocenters. The van der Waals surface area contributed by atoms with E-state index in [0.29, 0.717) is 26.2 Å². The Kier molecular flexibility index (Phi) is 4.65. The van der Waals surface area contributed by atoms with Gasteiger partial charge in [0, 0.05) is 26.2 Å². The maximum Gasteiger partial charge on any atom is 0.243 e. The first-order valence-corrected chi connectivity index (χ1v) is 11.0. The number of sulfonamides is 1. The van der Waals surface area contributed by atoms with Crippen LogP contribution in [0.3, 0.4) is 0 Å². The molecular formula is C19H20FN3O2S2. The zero-order valence-electron chi connectivity index (χ0n) is 15.1. The number of benzene rings is 2. The molecule has 0 amide bonds. The molecule has 0 radical (unpaired) electrons. The minimum absolute atomic E-state index is 0.128. The van der Waals surface area contributed by atoms with Gasteiger partial charge in [-0.1, -0.05) is 17.4 Å². The van der Waals surface area contributed by atoms with Gasteiger partial charge < -0.3 is 4.90 Å². The minimum atomic E-state index is -3.60. The number of hydrogen-bond donors (Lipinski definition) is 0. The molecule has 142 valence electrons. The molecule has 27 heavy (non-hydrogen) atoms. The second-order valence-electron chi connectivity index (χ2n) is 6.77. The average molecular weight is 406 g/mol. The first-order chi connectivity index (χ1) is 12.8. The van der Waals surface area contributed by atoms with Gasteiger partial charge in [-0.25, -0.2) is 17.8 Å². The van der Waals surface area contributed by atoms with Crippen LogP contribution < -0.4 is 4.90 Å². The van der Waals surface area contributed by atoms with Crippen molar-refractivity contribution < 1.29 is 12.8 Å². The summed E-state index contributed by atoms with van der Waals surface area (Å²) in [4.78, 5) is 7.01. The highest BCUT2D eigenvalue weighted by Gasteiger charge is 2.29. The number of aromatic nitrogens is 1. The Labute approximate surface area is 162 Å². The van der Waals surface area contributed by atoms with E-state index in [1.807, 2.05) is 0 Å². The van der Waals surface area contributed by atoms with Gasteiger partial charge >= 0.3 is 0 Å². The van der Waals surface area contributed by atoms with Gasteiger partial charge in [-0.2, -0.15) is 4.31 Å². The number of anilines is 1. The van der Waals surface area contributed by atoms with Gasteiger partial charge in [-0.05, 0) is 55.3 Å². The van der Waals surface area contributed by atoms with Gasteiger partial charge in [0.2, 0.25) is 10.0 Å². The summed E-state index contributed by atoms with van der Waals surface area (Å²) < 4.78 is 41.2. The van der Waals surface area contributed by atoms with Crippen molar-refractivity contribution in [1.29, 1.82) is 0 Å². The lowest BCUT2D eigenvalue weighted by Crippen LogP contribution is -2.48. The third-order valence-corrected chi connectivity index (χ3v) is 7.95. The maximum atomic E-state index is 13.1. The number of piperazine rings is 1. The fourth-order valence-corrected chi connectivity index (χ4v) is 5.87. The van der Waals surface area contributed by atoms with Crippen LogP contribution >= 0.6 is 11.3 Å². The van der Waals surface area contributed by atoms with Gasteiger partial charge in [0.15, 0.2) is 5.13 Å². The highest BCUT2D eigenvalue weighted by molar-refractivity contribution is 7.89. The summed E-state index contributed by atoms with van der Waals surface area (Å²) >= 11 is 1.65. The molecule has 0 atom stereocenters.